The number of hydrogen-bond donors (Lipinski definition) is 1. The number of nitrogens with one attached hydrogen (secondary N) is 1. The normalized spacial score (nSPS) is 18.3. The van der Waals surface area contributed by atoms with Crippen LogP contribution >= 0.6 is 35.0 Å². The fourth-order valence-electron chi connectivity index (χ4n) is 2.91. The number of amides is 1. The average molecular weight is 473 g/mol. The first kappa shape index (κ1) is 23.9. The predicted octanol–water partition coefficient (Wildman–Crippen LogP) is 3.04. The molecule has 0 saturated carbocycles. The highest BCUT2D eigenvalue weighted by Gasteiger charge is 2.44. The largest absolute Gasteiger partial charge is 0.491 e. The Labute approximate surface area is 187 Å². The SMILES string of the molecule is CCOc1c(Cl)cc([C@H]2C(C#N)=C(SCC(=O)OC)NC(=O)[C@H]2C(=O)OC)cc1Cl. The van der Waals surface area contributed by atoms with Crippen molar-refractivity contribution in [2.75, 3.05) is 26.6 Å². The zero-order chi connectivity index (χ0) is 22.4. The van der Waals surface area contributed by atoms with E-state index in [0.29, 0.717) is 12.2 Å². The molecule has 8 nitrogen and oxygen atoms in total. The van der Waals surface area contributed by atoms with Gasteiger partial charge in [0.1, 0.15) is 5.92 Å². The van der Waals surface area contributed by atoms with Crippen LogP contribution in [0.5, 0.6) is 5.75 Å². The molecule has 2 atom stereocenters. The maximum atomic E-state index is 12.7. The Balaban J connectivity index is 2.64. The number of methoxy groups -OCH3 is 2. The van der Waals surface area contributed by atoms with E-state index < -0.39 is 29.7 Å². The summed E-state index contributed by atoms with van der Waals surface area (Å²) in [5.41, 5.74) is 0.418. The number of allylic oxidation sites excluding steroid dienone is 1. The van der Waals surface area contributed by atoms with Crippen LogP contribution < -0.4 is 10.1 Å². The summed E-state index contributed by atoms with van der Waals surface area (Å²) in [6.07, 6.45) is 0. The number of nitriles is 1. The molecule has 1 aliphatic heterocycles. The summed E-state index contributed by atoms with van der Waals surface area (Å²) in [4.78, 5) is 36.6. The molecule has 1 aliphatic rings. The molecular formula is C19H18Cl2N2O6S. The molecule has 0 fully saturated rings. The van der Waals surface area contributed by atoms with Crippen LogP contribution in [0.2, 0.25) is 10.0 Å². The number of ether oxygens (including phenoxy) is 3. The monoisotopic (exact) mass is 472 g/mol. The minimum Gasteiger partial charge on any atom is -0.491 e. The quantitative estimate of drug-likeness (QED) is 0.475. The number of hydrogen-bond acceptors (Lipinski definition) is 8. The number of benzene rings is 1. The number of halogens is 2. The fourth-order valence-corrected chi connectivity index (χ4v) is 4.40. The maximum absolute atomic E-state index is 12.7. The van der Waals surface area contributed by atoms with E-state index in [1.165, 1.54) is 19.2 Å². The molecule has 1 amide bonds. The second kappa shape index (κ2) is 10.6. The minimum absolute atomic E-state index is 0.0650. The Morgan fingerprint density at radius 2 is 1.87 bits per heavy atom. The van der Waals surface area contributed by atoms with Gasteiger partial charge in [-0.05, 0) is 24.6 Å². The van der Waals surface area contributed by atoms with Crippen LogP contribution in [0.25, 0.3) is 0 Å². The standard InChI is InChI=1S/C19H18Cl2N2O6S/c1-4-29-16-11(20)5-9(6-12(16)21)14-10(7-22)18(30-8-13(24)27-2)23-17(25)15(14)19(26)28-3/h5-6,14-15H,4,8H2,1-3H3,(H,23,25)/t14-,15-/m0/s1. The molecule has 0 unspecified atom stereocenters. The van der Waals surface area contributed by atoms with E-state index in [-0.39, 0.29) is 32.1 Å². The topological polar surface area (TPSA) is 115 Å². The lowest BCUT2D eigenvalue weighted by atomic mass is 9.78. The van der Waals surface area contributed by atoms with Crippen molar-refractivity contribution in [3.8, 4) is 11.8 Å². The van der Waals surface area contributed by atoms with Gasteiger partial charge in [-0.15, -0.1) is 0 Å². The molecule has 1 aromatic carbocycles. The van der Waals surface area contributed by atoms with Crippen molar-refractivity contribution in [3.05, 3.63) is 38.3 Å². The van der Waals surface area contributed by atoms with Gasteiger partial charge in [0.2, 0.25) is 5.91 Å². The third kappa shape index (κ3) is 5.01. The van der Waals surface area contributed by atoms with Crippen LogP contribution in [-0.4, -0.2) is 44.4 Å². The van der Waals surface area contributed by atoms with Gasteiger partial charge in [-0.25, -0.2) is 0 Å². The molecule has 11 heteroatoms. The zero-order valence-electron chi connectivity index (χ0n) is 16.3. The minimum atomic E-state index is -1.35. The maximum Gasteiger partial charge on any atom is 0.319 e. The van der Waals surface area contributed by atoms with Gasteiger partial charge < -0.3 is 19.5 Å². The van der Waals surface area contributed by atoms with E-state index in [4.69, 9.17) is 32.7 Å². The Morgan fingerprint density at radius 1 is 1.23 bits per heavy atom. The lowest BCUT2D eigenvalue weighted by molar-refractivity contribution is -0.150. The van der Waals surface area contributed by atoms with Gasteiger partial charge in [-0.3, -0.25) is 14.4 Å². The van der Waals surface area contributed by atoms with E-state index >= 15 is 0 Å². The van der Waals surface area contributed by atoms with Gasteiger partial charge >= 0.3 is 11.9 Å². The second-order valence-electron chi connectivity index (χ2n) is 5.93. The van der Waals surface area contributed by atoms with Crippen LogP contribution in [0.3, 0.4) is 0 Å². The highest BCUT2D eigenvalue weighted by Crippen LogP contribution is 2.44. The first-order valence-electron chi connectivity index (χ1n) is 8.63. The number of carbonyl (C=O) groups excluding carboxylic acids is 3. The molecule has 160 valence electrons. The second-order valence-corrected chi connectivity index (χ2v) is 7.73. The van der Waals surface area contributed by atoms with Crippen molar-refractivity contribution in [2.45, 2.75) is 12.8 Å². The summed E-state index contributed by atoms with van der Waals surface area (Å²) >= 11 is 13.5. The van der Waals surface area contributed by atoms with Gasteiger partial charge in [0.05, 0.1) is 53.3 Å². The van der Waals surface area contributed by atoms with Gasteiger partial charge in [-0.1, -0.05) is 35.0 Å². The molecule has 0 spiro atoms. The number of esters is 2. The highest BCUT2D eigenvalue weighted by molar-refractivity contribution is 8.03. The molecule has 1 N–H and O–H groups in total. The molecule has 1 aromatic rings. The molecule has 0 radical (unpaired) electrons. The van der Waals surface area contributed by atoms with Crippen molar-refractivity contribution >= 4 is 52.8 Å². The van der Waals surface area contributed by atoms with Crippen molar-refractivity contribution in [1.82, 2.24) is 5.32 Å². The Hall–Kier alpha value is -2.41. The van der Waals surface area contributed by atoms with Crippen LogP contribution in [0.1, 0.15) is 18.4 Å². The van der Waals surface area contributed by atoms with Crippen molar-refractivity contribution in [2.24, 2.45) is 5.92 Å². The molecule has 0 bridgehead atoms. The summed E-state index contributed by atoms with van der Waals surface area (Å²) < 4.78 is 14.8. The Bertz CT molecular complexity index is 920. The number of nitrogens with zero attached hydrogens (tertiary/aromatic N) is 1. The van der Waals surface area contributed by atoms with Crippen LogP contribution in [-0.2, 0) is 23.9 Å². The van der Waals surface area contributed by atoms with Gasteiger partial charge in [0.25, 0.3) is 0 Å². The average Bonchev–Trinajstić information content (AvgIpc) is 2.73. The van der Waals surface area contributed by atoms with Gasteiger partial charge in [0, 0.05) is 5.92 Å². The first-order chi connectivity index (χ1) is 14.3. The fraction of sp³-hybridized carbons (Fsp3) is 0.368. The van der Waals surface area contributed by atoms with Crippen LogP contribution in [0.4, 0.5) is 0 Å². The number of carbonyl (C=O) groups is 3. The molecule has 0 aromatic heterocycles. The summed E-state index contributed by atoms with van der Waals surface area (Å²) in [5.74, 6) is -4.32. The smallest absolute Gasteiger partial charge is 0.319 e. The lowest BCUT2D eigenvalue weighted by Crippen LogP contribution is -2.44. The molecule has 0 aliphatic carbocycles. The van der Waals surface area contributed by atoms with E-state index in [2.05, 4.69) is 10.1 Å². The zero-order valence-corrected chi connectivity index (χ0v) is 18.6. The van der Waals surface area contributed by atoms with Crippen LogP contribution in [0, 0.1) is 17.2 Å². The molecule has 1 heterocycles. The Morgan fingerprint density at radius 3 is 2.37 bits per heavy atom. The van der Waals surface area contributed by atoms with Crippen molar-refractivity contribution in [3.63, 3.8) is 0 Å². The molecule has 0 saturated heterocycles. The highest BCUT2D eigenvalue weighted by atomic mass is 35.5. The third-order valence-corrected chi connectivity index (χ3v) is 5.77. The molecule has 2 rings (SSSR count). The number of rotatable bonds is 7. The van der Waals surface area contributed by atoms with Crippen molar-refractivity contribution in [1.29, 1.82) is 5.26 Å². The van der Waals surface area contributed by atoms with Crippen LogP contribution in [0.15, 0.2) is 22.7 Å². The van der Waals surface area contributed by atoms with E-state index in [0.717, 1.165) is 18.9 Å². The summed E-state index contributed by atoms with van der Waals surface area (Å²) in [5, 5.41) is 12.8. The molecular weight excluding hydrogens is 455 g/mol. The van der Waals surface area contributed by atoms with Gasteiger partial charge in [0.15, 0.2) is 5.75 Å². The summed E-state index contributed by atoms with van der Waals surface area (Å²) in [6, 6.07) is 4.99. The van der Waals surface area contributed by atoms with E-state index in [1.54, 1.807) is 6.92 Å². The lowest BCUT2D eigenvalue weighted by Gasteiger charge is -2.31. The van der Waals surface area contributed by atoms with E-state index in [9.17, 15) is 19.6 Å². The third-order valence-electron chi connectivity index (χ3n) is 4.21. The predicted molar refractivity (Wildman–Crippen MR) is 111 cm³/mol. The first-order valence-corrected chi connectivity index (χ1v) is 10.4. The summed E-state index contributed by atoms with van der Waals surface area (Å²) in [6.45, 7) is 2.09. The summed E-state index contributed by atoms with van der Waals surface area (Å²) in [7, 11) is 2.37. The number of thioether (sulfide) groups is 1. The van der Waals surface area contributed by atoms with E-state index in [1.807, 2.05) is 6.07 Å². The Kier molecular flexibility index (Phi) is 8.41. The molecule has 30 heavy (non-hydrogen) atoms. The van der Waals surface area contributed by atoms with Crippen molar-refractivity contribution < 1.29 is 28.6 Å². The van der Waals surface area contributed by atoms with Gasteiger partial charge in [-0.2, -0.15) is 5.26 Å².